The van der Waals surface area contributed by atoms with Gasteiger partial charge in [-0.25, -0.2) is 9.78 Å². The highest BCUT2D eigenvalue weighted by Crippen LogP contribution is 2.24. The number of nitrogens with one attached hydrogen (secondary N) is 1. The second-order valence-electron chi connectivity index (χ2n) is 5.16. The van der Waals surface area contributed by atoms with E-state index in [0.717, 1.165) is 24.6 Å². The van der Waals surface area contributed by atoms with Gasteiger partial charge in [-0.05, 0) is 30.3 Å². The first-order valence-electron chi connectivity index (χ1n) is 7.25. The Morgan fingerprint density at radius 1 is 1.26 bits per heavy atom. The number of aromatic carboxylic acids is 1. The standard InChI is InChI=1S/C16H17N3O3S/c20-16(21)13-9-12(23)2-3-14(13)18-11-1-4-15(17-10-11)19-5-7-22-8-6-19/h1-4,9-10,18,23H,5-8H2,(H,20,21). The molecule has 0 atom stereocenters. The van der Waals surface area contributed by atoms with Crippen LogP contribution >= 0.6 is 12.6 Å². The molecule has 2 N–H and O–H groups in total. The van der Waals surface area contributed by atoms with Crippen LogP contribution in [0.2, 0.25) is 0 Å². The highest BCUT2D eigenvalue weighted by atomic mass is 32.1. The molecule has 6 nitrogen and oxygen atoms in total. The molecule has 1 aliphatic rings. The summed E-state index contributed by atoms with van der Waals surface area (Å²) in [5.74, 6) is -0.107. The highest BCUT2D eigenvalue weighted by molar-refractivity contribution is 7.80. The summed E-state index contributed by atoms with van der Waals surface area (Å²) in [6, 6.07) is 8.76. The average molecular weight is 331 g/mol. The maximum absolute atomic E-state index is 11.3. The SMILES string of the molecule is O=C(O)c1cc(S)ccc1Nc1ccc(N2CCOCC2)nc1. The molecule has 1 aromatic carbocycles. The molecule has 0 amide bonds. The van der Waals surface area contributed by atoms with E-state index in [1.807, 2.05) is 12.1 Å². The molecule has 2 heterocycles. The molecule has 0 saturated carbocycles. The number of ether oxygens (including phenoxy) is 1. The lowest BCUT2D eigenvalue weighted by Gasteiger charge is -2.27. The number of carbonyl (C=O) groups is 1. The number of pyridine rings is 1. The first-order valence-corrected chi connectivity index (χ1v) is 7.70. The molecule has 0 radical (unpaired) electrons. The summed E-state index contributed by atoms with van der Waals surface area (Å²) in [5, 5.41) is 12.4. The Bertz CT molecular complexity index is 700. The summed E-state index contributed by atoms with van der Waals surface area (Å²) < 4.78 is 5.33. The monoisotopic (exact) mass is 331 g/mol. The lowest BCUT2D eigenvalue weighted by Crippen LogP contribution is -2.36. The number of rotatable bonds is 4. The van der Waals surface area contributed by atoms with Crippen molar-refractivity contribution >= 4 is 35.8 Å². The van der Waals surface area contributed by atoms with Gasteiger partial charge in [0.2, 0.25) is 0 Å². The first-order chi connectivity index (χ1) is 11.1. The van der Waals surface area contributed by atoms with Gasteiger partial charge >= 0.3 is 5.97 Å². The maximum atomic E-state index is 11.3. The van der Waals surface area contributed by atoms with Crippen LogP contribution in [-0.4, -0.2) is 42.4 Å². The zero-order valence-corrected chi connectivity index (χ0v) is 13.3. The van der Waals surface area contributed by atoms with Crippen molar-refractivity contribution in [1.29, 1.82) is 0 Å². The summed E-state index contributed by atoms with van der Waals surface area (Å²) >= 11 is 4.18. The fourth-order valence-corrected chi connectivity index (χ4v) is 2.62. The summed E-state index contributed by atoms with van der Waals surface area (Å²) in [4.78, 5) is 18.5. The van der Waals surface area contributed by atoms with Gasteiger partial charge in [0.05, 0.1) is 36.3 Å². The minimum absolute atomic E-state index is 0.176. The van der Waals surface area contributed by atoms with Gasteiger partial charge in [-0.3, -0.25) is 0 Å². The fourth-order valence-electron chi connectivity index (χ4n) is 2.41. The average Bonchev–Trinajstić information content (AvgIpc) is 2.58. The van der Waals surface area contributed by atoms with Crippen LogP contribution in [0.5, 0.6) is 0 Å². The second-order valence-corrected chi connectivity index (χ2v) is 5.68. The van der Waals surface area contributed by atoms with Crippen molar-refractivity contribution in [1.82, 2.24) is 4.98 Å². The number of hydrogen-bond donors (Lipinski definition) is 3. The molecule has 3 rings (SSSR count). The molecule has 2 aromatic rings. The van der Waals surface area contributed by atoms with Gasteiger partial charge < -0.3 is 20.1 Å². The van der Waals surface area contributed by atoms with Crippen molar-refractivity contribution in [2.75, 3.05) is 36.5 Å². The van der Waals surface area contributed by atoms with E-state index in [1.165, 1.54) is 6.07 Å². The molecule has 0 spiro atoms. The topological polar surface area (TPSA) is 74.7 Å². The van der Waals surface area contributed by atoms with E-state index in [1.54, 1.807) is 18.3 Å². The number of nitrogens with zero attached hydrogens (tertiary/aromatic N) is 2. The quantitative estimate of drug-likeness (QED) is 0.748. The Balaban J connectivity index is 1.77. The maximum Gasteiger partial charge on any atom is 0.337 e. The van der Waals surface area contributed by atoms with Crippen molar-refractivity contribution in [3.8, 4) is 0 Å². The molecule has 7 heteroatoms. The minimum atomic E-state index is -0.999. The Kier molecular flexibility index (Phi) is 4.68. The number of carboxylic acid groups (broad SMARTS) is 1. The Labute approximate surface area is 139 Å². The van der Waals surface area contributed by atoms with Crippen LogP contribution in [0.15, 0.2) is 41.4 Å². The predicted molar refractivity (Wildman–Crippen MR) is 91.2 cm³/mol. The van der Waals surface area contributed by atoms with Crippen molar-refractivity contribution in [2.24, 2.45) is 0 Å². The Morgan fingerprint density at radius 3 is 2.70 bits per heavy atom. The number of morpholine rings is 1. The van der Waals surface area contributed by atoms with E-state index in [-0.39, 0.29) is 5.56 Å². The third kappa shape index (κ3) is 3.75. The molecule has 0 bridgehead atoms. The van der Waals surface area contributed by atoms with Crippen molar-refractivity contribution in [3.63, 3.8) is 0 Å². The highest BCUT2D eigenvalue weighted by Gasteiger charge is 2.13. The van der Waals surface area contributed by atoms with E-state index in [2.05, 4.69) is 27.8 Å². The summed E-state index contributed by atoms with van der Waals surface area (Å²) in [5.41, 5.74) is 1.42. The van der Waals surface area contributed by atoms with E-state index in [0.29, 0.717) is 23.8 Å². The molecular weight excluding hydrogens is 314 g/mol. The molecule has 0 unspecified atom stereocenters. The van der Waals surface area contributed by atoms with Crippen molar-refractivity contribution in [3.05, 3.63) is 42.1 Å². The zero-order valence-electron chi connectivity index (χ0n) is 12.4. The molecule has 0 aliphatic carbocycles. The van der Waals surface area contributed by atoms with Gasteiger partial charge in [0.25, 0.3) is 0 Å². The molecular formula is C16H17N3O3S. The normalized spacial score (nSPS) is 14.6. The number of benzene rings is 1. The smallest absolute Gasteiger partial charge is 0.337 e. The van der Waals surface area contributed by atoms with E-state index < -0.39 is 5.97 Å². The molecule has 1 fully saturated rings. The lowest BCUT2D eigenvalue weighted by molar-refractivity contribution is 0.0697. The summed E-state index contributed by atoms with van der Waals surface area (Å²) in [7, 11) is 0. The van der Waals surface area contributed by atoms with Gasteiger partial charge in [-0.1, -0.05) is 0 Å². The molecule has 1 aliphatic heterocycles. The van der Waals surface area contributed by atoms with Gasteiger partial charge in [0, 0.05) is 18.0 Å². The molecule has 120 valence electrons. The fraction of sp³-hybridized carbons (Fsp3) is 0.250. The number of aromatic nitrogens is 1. The minimum Gasteiger partial charge on any atom is -0.478 e. The van der Waals surface area contributed by atoms with E-state index in [4.69, 9.17) is 4.74 Å². The van der Waals surface area contributed by atoms with E-state index in [9.17, 15) is 9.90 Å². The van der Waals surface area contributed by atoms with Gasteiger partial charge in [-0.2, -0.15) is 0 Å². The number of thiol groups is 1. The predicted octanol–water partition coefficient (Wildman–Crippen LogP) is 2.65. The zero-order chi connectivity index (χ0) is 16.2. The van der Waals surface area contributed by atoms with Gasteiger partial charge in [-0.15, -0.1) is 12.6 Å². The summed E-state index contributed by atoms with van der Waals surface area (Å²) in [6.07, 6.45) is 1.70. The molecule has 23 heavy (non-hydrogen) atoms. The van der Waals surface area contributed by atoms with Crippen molar-refractivity contribution < 1.29 is 14.6 Å². The van der Waals surface area contributed by atoms with Crippen LogP contribution in [-0.2, 0) is 4.74 Å². The van der Waals surface area contributed by atoms with Crippen LogP contribution < -0.4 is 10.2 Å². The molecule has 1 saturated heterocycles. The van der Waals surface area contributed by atoms with Crippen LogP contribution in [0.1, 0.15) is 10.4 Å². The van der Waals surface area contributed by atoms with E-state index >= 15 is 0 Å². The molecule has 1 aromatic heterocycles. The number of hydrogen-bond acceptors (Lipinski definition) is 6. The number of anilines is 3. The third-order valence-electron chi connectivity index (χ3n) is 3.60. The van der Waals surface area contributed by atoms with Crippen LogP contribution in [0, 0.1) is 0 Å². The first kappa shape index (κ1) is 15.6. The Morgan fingerprint density at radius 2 is 2.04 bits per heavy atom. The van der Waals surface area contributed by atoms with Crippen LogP contribution in [0.4, 0.5) is 17.2 Å². The van der Waals surface area contributed by atoms with Crippen molar-refractivity contribution in [2.45, 2.75) is 4.90 Å². The Hall–Kier alpha value is -2.25. The number of carboxylic acids is 1. The second kappa shape index (κ2) is 6.89. The van der Waals surface area contributed by atoms with Gasteiger partial charge in [0.1, 0.15) is 5.82 Å². The largest absolute Gasteiger partial charge is 0.478 e. The van der Waals surface area contributed by atoms with Gasteiger partial charge in [0.15, 0.2) is 0 Å². The van der Waals surface area contributed by atoms with Crippen LogP contribution in [0.25, 0.3) is 0 Å². The third-order valence-corrected chi connectivity index (χ3v) is 3.87. The summed E-state index contributed by atoms with van der Waals surface area (Å²) in [6.45, 7) is 3.07. The lowest BCUT2D eigenvalue weighted by atomic mass is 10.1. The van der Waals surface area contributed by atoms with Crippen LogP contribution in [0.3, 0.4) is 0 Å².